The maximum atomic E-state index is 12.5. The van der Waals surface area contributed by atoms with Gasteiger partial charge in [-0.15, -0.1) is 4.40 Å². The van der Waals surface area contributed by atoms with Crippen molar-refractivity contribution in [1.82, 2.24) is 4.90 Å². The van der Waals surface area contributed by atoms with Gasteiger partial charge in [0.2, 0.25) is 5.91 Å². The Morgan fingerprint density at radius 2 is 1.76 bits per heavy atom. The zero-order chi connectivity index (χ0) is 20.4. The highest BCUT2D eigenvalue weighted by molar-refractivity contribution is 7.90. The Morgan fingerprint density at radius 1 is 1.07 bits per heavy atom. The predicted octanol–water partition coefficient (Wildman–Crippen LogP) is 2.70. The van der Waals surface area contributed by atoms with Crippen LogP contribution in [0.25, 0.3) is 0 Å². The van der Waals surface area contributed by atoms with Crippen LogP contribution in [0.5, 0.6) is 0 Å². The van der Waals surface area contributed by atoms with E-state index in [1.165, 1.54) is 31.0 Å². The smallest absolute Gasteiger partial charge is 0.285 e. The number of piperidine rings is 1. The molecule has 2 heterocycles. The van der Waals surface area contributed by atoms with Crippen LogP contribution in [-0.4, -0.2) is 51.7 Å². The molecule has 0 atom stereocenters. The van der Waals surface area contributed by atoms with Gasteiger partial charge in [-0.25, -0.2) is 0 Å². The lowest BCUT2D eigenvalue weighted by Crippen LogP contribution is -2.34. The summed E-state index contributed by atoms with van der Waals surface area (Å²) >= 11 is 0. The number of hydrogen-bond acceptors (Lipinski definition) is 5. The second-order valence-corrected chi connectivity index (χ2v) is 8.96. The Labute approximate surface area is 171 Å². The number of fused-ring (bicyclic) bond motifs is 1. The molecule has 1 amide bonds. The van der Waals surface area contributed by atoms with Crippen molar-refractivity contribution in [2.75, 3.05) is 36.9 Å². The van der Waals surface area contributed by atoms with Crippen LogP contribution in [0, 0.1) is 0 Å². The van der Waals surface area contributed by atoms with Crippen LogP contribution in [0.3, 0.4) is 0 Å². The van der Waals surface area contributed by atoms with E-state index in [1.807, 2.05) is 24.3 Å². The maximum Gasteiger partial charge on any atom is 0.285 e. The highest BCUT2D eigenvalue weighted by atomic mass is 32.2. The lowest BCUT2D eigenvalue weighted by atomic mass is 10.1. The maximum absolute atomic E-state index is 12.5. The molecule has 1 fully saturated rings. The molecule has 0 spiro atoms. The number of nitrogens with one attached hydrogen (secondary N) is 1. The zero-order valence-corrected chi connectivity index (χ0v) is 17.2. The molecule has 152 valence electrons. The summed E-state index contributed by atoms with van der Waals surface area (Å²) in [6.07, 6.45) is 3.72. The summed E-state index contributed by atoms with van der Waals surface area (Å²) in [5.74, 6) is 0.0545. The minimum atomic E-state index is -3.70. The highest BCUT2D eigenvalue weighted by Crippen LogP contribution is 2.27. The highest BCUT2D eigenvalue weighted by Gasteiger charge is 2.30. The molecule has 1 saturated heterocycles. The number of nitrogens with zero attached hydrogens (tertiary/aromatic N) is 3. The topological polar surface area (TPSA) is 82.1 Å². The van der Waals surface area contributed by atoms with E-state index < -0.39 is 10.0 Å². The number of likely N-dealkylation sites (N-methyl/N-ethyl adjacent to an activating group) is 1. The SMILES string of the molecule is CN(CC(=O)Nc1ccc(N2CCCCC2)cc1)C1=NS(=O)(=O)c2ccccc21. The van der Waals surface area contributed by atoms with E-state index in [0.29, 0.717) is 11.3 Å². The van der Waals surface area contributed by atoms with E-state index in [2.05, 4.69) is 14.6 Å². The average molecular weight is 413 g/mol. The third-order valence-corrected chi connectivity index (χ3v) is 6.55. The van der Waals surface area contributed by atoms with Crippen molar-refractivity contribution in [3.63, 3.8) is 0 Å². The Morgan fingerprint density at radius 3 is 2.48 bits per heavy atom. The molecule has 0 radical (unpaired) electrons. The lowest BCUT2D eigenvalue weighted by molar-refractivity contribution is -0.116. The molecule has 1 N–H and O–H groups in total. The summed E-state index contributed by atoms with van der Waals surface area (Å²) < 4.78 is 28.2. The normalized spacial score (nSPS) is 17.4. The van der Waals surface area contributed by atoms with Gasteiger partial charge in [-0.3, -0.25) is 4.79 Å². The minimum absolute atomic E-state index is 0.00341. The molecule has 29 heavy (non-hydrogen) atoms. The summed E-state index contributed by atoms with van der Waals surface area (Å²) in [5, 5.41) is 2.87. The van der Waals surface area contributed by atoms with Crippen molar-refractivity contribution in [3.8, 4) is 0 Å². The Kier molecular flexibility index (Phi) is 5.27. The molecule has 0 saturated carbocycles. The monoisotopic (exact) mass is 412 g/mol. The first-order valence-electron chi connectivity index (χ1n) is 9.74. The molecule has 2 aliphatic heterocycles. The van der Waals surface area contributed by atoms with Gasteiger partial charge in [-0.05, 0) is 55.7 Å². The Hall–Kier alpha value is -2.87. The van der Waals surface area contributed by atoms with Crippen molar-refractivity contribution >= 4 is 33.1 Å². The molecule has 2 aliphatic rings. The molecule has 2 aromatic rings. The van der Waals surface area contributed by atoms with Gasteiger partial charge >= 0.3 is 0 Å². The molecule has 0 aliphatic carbocycles. The van der Waals surface area contributed by atoms with E-state index in [4.69, 9.17) is 0 Å². The number of amides is 1. The molecule has 7 nitrogen and oxygen atoms in total. The second-order valence-electron chi connectivity index (χ2n) is 7.38. The van der Waals surface area contributed by atoms with E-state index in [-0.39, 0.29) is 23.2 Å². The Bertz CT molecular complexity index is 1040. The van der Waals surface area contributed by atoms with Gasteiger partial charge < -0.3 is 15.1 Å². The number of carbonyl (C=O) groups excluding carboxylic acids is 1. The molecule has 2 aromatic carbocycles. The minimum Gasteiger partial charge on any atom is -0.372 e. The third kappa shape index (κ3) is 4.12. The summed E-state index contributed by atoms with van der Waals surface area (Å²) in [4.78, 5) is 16.6. The first-order valence-corrected chi connectivity index (χ1v) is 11.2. The fourth-order valence-electron chi connectivity index (χ4n) is 3.76. The molecule has 8 heteroatoms. The van der Waals surface area contributed by atoms with Gasteiger partial charge in [0, 0.05) is 37.1 Å². The van der Waals surface area contributed by atoms with Crippen molar-refractivity contribution in [2.24, 2.45) is 4.40 Å². The van der Waals surface area contributed by atoms with Crippen molar-refractivity contribution in [1.29, 1.82) is 0 Å². The molecule has 0 bridgehead atoms. The number of anilines is 2. The number of hydrogen-bond donors (Lipinski definition) is 1. The van der Waals surface area contributed by atoms with Gasteiger partial charge in [0.25, 0.3) is 10.0 Å². The summed E-state index contributed by atoms with van der Waals surface area (Å²) in [7, 11) is -2.04. The number of carbonyl (C=O) groups is 1. The van der Waals surface area contributed by atoms with Crippen molar-refractivity contribution in [3.05, 3.63) is 54.1 Å². The van der Waals surface area contributed by atoms with Crippen LogP contribution in [0.2, 0.25) is 0 Å². The number of benzene rings is 2. The first-order chi connectivity index (χ1) is 13.9. The number of sulfonamides is 1. The largest absolute Gasteiger partial charge is 0.372 e. The van der Waals surface area contributed by atoms with Gasteiger partial charge in [-0.2, -0.15) is 8.42 Å². The Balaban J connectivity index is 1.40. The first kappa shape index (κ1) is 19.4. The molecule has 0 aromatic heterocycles. The summed E-state index contributed by atoms with van der Waals surface area (Å²) in [5.41, 5.74) is 2.40. The fraction of sp³-hybridized carbons (Fsp3) is 0.333. The summed E-state index contributed by atoms with van der Waals surface area (Å²) in [6.45, 7) is 2.14. The van der Waals surface area contributed by atoms with Crippen LogP contribution in [0.15, 0.2) is 57.8 Å². The van der Waals surface area contributed by atoms with Crippen molar-refractivity contribution < 1.29 is 13.2 Å². The quantitative estimate of drug-likeness (QED) is 0.835. The molecule has 0 unspecified atom stereocenters. The van der Waals surface area contributed by atoms with Gasteiger partial charge in [-0.1, -0.05) is 12.1 Å². The molecular weight excluding hydrogens is 388 g/mol. The fourth-order valence-corrected chi connectivity index (χ4v) is 5.01. The van der Waals surface area contributed by atoms with Crippen LogP contribution in [0.1, 0.15) is 24.8 Å². The number of rotatable bonds is 4. The molecular formula is C21H24N4O3S. The van der Waals surface area contributed by atoms with Crippen LogP contribution >= 0.6 is 0 Å². The van der Waals surface area contributed by atoms with E-state index in [9.17, 15) is 13.2 Å². The molecule has 4 rings (SSSR count). The number of amidine groups is 1. The van der Waals surface area contributed by atoms with Gasteiger partial charge in [0.05, 0.1) is 6.54 Å². The standard InChI is InChI=1S/C21H24N4O3S/c1-24(21-18-7-3-4-8-19(18)29(27,28)23-21)15-20(26)22-16-9-11-17(12-10-16)25-13-5-2-6-14-25/h3-4,7-12H,2,5-6,13-15H2,1H3,(H,22,26). The van der Waals surface area contributed by atoms with E-state index in [1.54, 1.807) is 30.1 Å². The summed E-state index contributed by atoms with van der Waals surface area (Å²) in [6, 6.07) is 14.5. The van der Waals surface area contributed by atoms with Gasteiger partial charge in [0.1, 0.15) is 4.90 Å². The van der Waals surface area contributed by atoms with E-state index >= 15 is 0 Å². The van der Waals surface area contributed by atoms with Crippen molar-refractivity contribution in [2.45, 2.75) is 24.2 Å². The van der Waals surface area contributed by atoms with Crippen LogP contribution < -0.4 is 10.2 Å². The van der Waals surface area contributed by atoms with Gasteiger partial charge in [0.15, 0.2) is 5.84 Å². The third-order valence-electron chi connectivity index (χ3n) is 5.23. The second kappa shape index (κ2) is 7.87. The lowest BCUT2D eigenvalue weighted by Gasteiger charge is -2.28. The van der Waals surface area contributed by atoms with E-state index in [0.717, 1.165) is 13.1 Å². The predicted molar refractivity (Wildman–Crippen MR) is 114 cm³/mol. The average Bonchev–Trinajstić information content (AvgIpc) is 3.01. The van der Waals surface area contributed by atoms with Crippen LogP contribution in [-0.2, 0) is 14.8 Å². The van der Waals surface area contributed by atoms with Crippen LogP contribution in [0.4, 0.5) is 11.4 Å². The zero-order valence-electron chi connectivity index (χ0n) is 16.3.